The second-order valence-corrected chi connectivity index (χ2v) is 5.04. The smallest absolute Gasteiger partial charge is 0.203 e. The van der Waals surface area contributed by atoms with E-state index in [0.29, 0.717) is 17.2 Å². The largest absolute Gasteiger partial charge is 0.496 e. The second kappa shape index (κ2) is 8.29. The molecule has 2 rings (SSSR count). The van der Waals surface area contributed by atoms with Crippen LogP contribution in [0.4, 0.5) is 0 Å². The molecular formula is C18H24NO4+. The van der Waals surface area contributed by atoms with Crippen LogP contribution in [-0.4, -0.2) is 28.4 Å². The lowest BCUT2D eigenvalue weighted by Crippen LogP contribution is -2.80. The molecule has 2 N–H and O–H groups in total. The van der Waals surface area contributed by atoms with Gasteiger partial charge in [0.1, 0.15) is 18.8 Å². The van der Waals surface area contributed by atoms with Crippen molar-refractivity contribution >= 4 is 0 Å². The van der Waals surface area contributed by atoms with E-state index in [-0.39, 0.29) is 0 Å². The maximum absolute atomic E-state index is 5.38. The van der Waals surface area contributed by atoms with Gasteiger partial charge in [0.05, 0.1) is 28.4 Å². The summed E-state index contributed by atoms with van der Waals surface area (Å²) in [7, 11) is 6.55. The standard InChI is InChI=1S/C18H23NO4/c1-20-15-8-6-5-7-14(15)12-19-11-13-9-16(21-2)18(23-4)17(10-13)22-3/h5-10,19H,11-12H2,1-4H3/p+1. The summed E-state index contributed by atoms with van der Waals surface area (Å²) in [6.45, 7) is 1.63. The summed E-state index contributed by atoms with van der Waals surface area (Å²) in [4.78, 5) is 0. The molecule has 0 radical (unpaired) electrons. The van der Waals surface area contributed by atoms with E-state index in [1.165, 1.54) is 5.56 Å². The molecule has 0 aliphatic carbocycles. The monoisotopic (exact) mass is 318 g/mol. The molecule has 0 heterocycles. The lowest BCUT2D eigenvalue weighted by molar-refractivity contribution is -0.686. The van der Waals surface area contributed by atoms with E-state index in [0.717, 1.165) is 24.4 Å². The summed E-state index contributed by atoms with van der Waals surface area (Å²) in [6, 6.07) is 12.0. The van der Waals surface area contributed by atoms with Gasteiger partial charge in [0.15, 0.2) is 11.5 Å². The molecule has 0 aliphatic rings. The van der Waals surface area contributed by atoms with Gasteiger partial charge >= 0.3 is 0 Å². The highest BCUT2D eigenvalue weighted by Crippen LogP contribution is 2.37. The molecule has 0 amide bonds. The van der Waals surface area contributed by atoms with Crippen molar-refractivity contribution in [2.75, 3.05) is 28.4 Å². The zero-order chi connectivity index (χ0) is 16.7. The van der Waals surface area contributed by atoms with Crippen LogP contribution in [-0.2, 0) is 13.1 Å². The van der Waals surface area contributed by atoms with Gasteiger partial charge in [0.2, 0.25) is 5.75 Å². The van der Waals surface area contributed by atoms with E-state index >= 15 is 0 Å². The van der Waals surface area contributed by atoms with Crippen molar-refractivity contribution in [1.82, 2.24) is 0 Å². The first-order chi connectivity index (χ1) is 11.2. The number of para-hydroxylation sites is 1. The molecule has 0 fully saturated rings. The molecule has 0 aliphatic heterocycles. The van der Waals surface area contributed by atoms with E-state index in [4.69, 9.17) is 18.9 Å². The van der Waals surface area contributed by atoms with Gasteiger partial charge in [0.25, 0.3) is 0 Å². The van der Waals surface area contributed by atoms with Crippen LogP contribution < -0.4 is 24.3 Å². The second-order valence-electron chi connectivity index (χ2n) is 5.04. The third-order valence-corrected chi connectivity index (χ3v) is 3.66. The highest BCUT2D eigenvalue weighted by atomic mass is 16.5. The van der Waals surface area contributed by atoms with Crippen LogP contribution in [0.1, 0.15) is 11.1 Å². The molecule has 5 nitrogen and oxygen atoms in total. The molecular weight excluding hydrogens is 294 g/mol. The van der Waals surface area contributed by atoms with Gasteiger partial charge in [-0.2, -0.15) is 0 Å². The fraction of sp³-hybridized carbons (Fsp3) is 0.333. The van der Waals surface area contributed by atoms with Gasteiger partial charge in [-0.3, -0.25) is 0 Å². The summed E-state index contributed by atoms with van der Waals surface area (Å²) in [5.41, 5.74) is 2.27. The topological polar surface area (TPSA) is 53.5 Å². The third kappa shape index (κ3) is 4.07. The molecule has 0 saturated heterocycles. The lowest BCUT2D eigenvalue weighted by Gasteiger charge is -2.14. The van der Waals surface area contributed by atoms with Crippen molar-refractivity contribution in [1.29, 1.82) is 0 Å². The Morgan fingerprint density at radius 1 is 0.739 bits per heavy atom. The number of methoxy groups -OCH3 is 4. The average molecular weight is 318 g/mol. The Kier molecular flexibility index (Phi) is 6.11. The molecule has 0 spiro atoms. The summed E-state index contributed by atoms with van der Waals surface area (Å²) in [6.07, 6.45) is 0. The average Bonchev–Trinajstić information content (AvgIpc) is 2.61. The summed E-state index contributed by atoms with van der Waals surface area (Å²) >= 11 is 0. The molecule has 2 aromatic rings. The molecule has 23 heavy (non-hydrogen) atoms. The molecule has 0 atom stereocenters. The number of hydrogen-bond acceptors (Lipinski definition) is 4. The van der Waals surface area contributed by atoms with Crippen LogP contribution in [0, 0.1) is 0 Å². The fourth-order valence-electron chi connectivity index (χ4n) is 2.52. The predicted octanol–water partition coefficient (Wildman–Crippen LogP) is 1.98. The van der Waals surface area contributed by atoms with Crippen LogP contribution in [0.25, 0.3) is 0 Å². The van der Waals surface area contributed by atoms with Crippen LogP contribution in [0.15, 0.2) is 36.4 Å². The van der Waals surface area contributed by atoms with E-state index in [2.05, 4.69) is 11.4 Å². The van der Waals surface area contributed by atoms with Gasteiger partial charge < -0.3 is 24.3 Å². The van der Waals surface area contributed by atoms with Gasteiger partial charge in [-0.1, -0.05) is 12.1 Å². The predicted molar refractivity (Wildman–Crippen MR) is 88.4 cm³/mol. The molecule has 0 saturated carbocycles. The van der Waals surface area contributed by atoms with Crippen LogP contribution in [0.5, 0.6) is 23.0 Å². The maximum atomic E-state index is 5.38. The van der Waals surface area contributed by atoms with Crippen molar-refractivity contribution < 1.29 is 24.3 Å². The molecule has 0 bridgehead atoms. The summed E-state index contributed by atoms with van der Waals surface area (Å²) < 4.78 is 21.5. The molecule has 124 valence electrons. The Morgan fingerprint density at radius 2 is 1.35 bits per heavy atom. The van der Waals surface area contributed by atoms with Crippen molar-refractivity contribution in [2.24, 2.45) is 0 Å². The van der Waals surface area contributed by atoms with E-state index < -0.39 is 0 Å². The van der Waals surface area contributed by atoms with E-state index in [1.54, 1.807) is 28.4 Å². The minimum Gasteiger partial charge on any atom is -0.496 e. The number of ether oxygens (including phenoxy) is 4. The number of benzene rings is 2. The Balaban J connectivity index is 2.08. The fourth-order valence-corrected chi connectivity index (χ4v) is 2.52. The number of quaternary nitrogens is 1. The molecule has 0 unspecified atom stereocenters. The number of nitrogens with two attached hydrogens (primary N) is 1. The van der Waals surface area contributed by atoms with Gasteiger partial charge in [0, 0.05) is 11.1 Å². The van der Waals surface area contributed by atoms with Crippen LogP contribution in [0.3, 0.4) is 0 Å². The first kappa shape index (κ1) is 17.0. The Morgan fingerprint density at radius 3 is 1.91 bits per heavy atom. The Bertz CT molecular complexity index is 618. The normalized spacial score (nSPS) is 10.3. The first-order valence-electron chi connectivity index (χ1n) is 7.46. The highest BCUT2D eigenvalue weighted by molar-refractivity contribution is 5.53. The number of rotatable bonds is 8. The first-order valence-corrected chi connectivity index (χ1v) is 7.46. The minimum atomic E-state index is 0.614. The third-order valence-electron chi connectivity index (χ3n) is 3.66. The molecule has 2 aromatic carbocycles. The maximum Gasteiger partial charge on any atom is 0.203 e. The Labute approximate surface area is 137 Å². The summed E-state index contributed by atoms with van der Waals surface area (Å²) in [5.74, 6) is 2.87. The zero-order valence-electron chi connectivity index (χ0n) is 14.1. The molecule has 5 heteroatoms. The SMILES string of the molecule is COc1ccccc1C[NH2+]Cc1cc(OC)c(OC)c(OC)c1. The van der Waals surface area contributed by atoms with E-state index in [9.17, 15) is 0 Å². The van der Waals surface area contributed by atoms with Crippen molar-refractivity contribution in [3.8, 4) is 23.0 Å². The zero-order valence-corrected chi connectivity index (χ0v) is 14.1. The number of hydrogen-bond donors (Lipinski definition) is 1. The lowest BCUT2D eigenvalue weighted by atomic mass is 10.1. The van der Waals surface area contributed by atoms with Crippen molar-refractivity contribution in [3.63, 3.8) is 0 Å². The van der Waals surface area contributed by atoms with Crippen LogP contribution in [0.2, 0.25) is 0 Å². The molecule has 0 aromatic heterocycles. The highest BCUT2D eigenvalue weighted by Gasteiger charge is 2.14. The van der Waals surface area contributed by atoms with Gasteiger partial charge in [-0.05, 0) is 24.3 Å². The van der Waals surface area contributed by atoms with Gasteiger partial charge in [-0.15, -0.1) is 0 Å². The van der Waals surface area contributed by atoms with Crippen molar-refractivity contribution in [2.45, 2.75) is 13.1 Å². The van der Waals surface area contributed by atoms with Gasteiger partial charge in [-0.25, -0.2) is 0 Å². The quantitative estimate of drug-likeness (QED) is 0.809. The van der Waals surface area contributed by atoms with Crippen LogP contribution >= 0.6 is 0 Å². The minimum absolute atomic E-state index is 0.614. The van der Waals surface area contributed by atoms with Crippen molar-refractivity contribution in [3.05, 3.63) is 47.5 Å². The Hall–Kier alpha value is -2.40. The summed E-state index contributed by atoms with van der Waals surface area (Å²) in [5, 5.41) is 2.21. The van der Waals surface area contributed by atoms with E-state index in [1.807, 2.05) is 30.3 Å².